The summed E-state index contributed by atoms with van der Waals surface area (Å²) >= 11 is 13.5. The number of nitrogens with one attached hydrogen (secondary N) is 1. The van der Waals surface area contributed by atoms with Crippen LogP contribution in [0, 0.1) is 0 Å². The topological polar surface area (TPSA) is 38.0 Å². The van der Waals surface area contributed by atoms with Crippen molar-refractivity contribution in [2.45, 2.75) is 19.4 Å². The second-order valence-electron chi connectivity index (χ2n) is 3.97. The van der Waals surface area contributed by atoms with Crippen molar-refractivity contribution in [3.8, 4) is 0 Å². The molecule has 0 saturated carbocycles. The van der Waals surface area contributed by atoms with E-state index in [9.17, 15) is 0 Å². The van der Waals surface area contributed by atoms with Crippen molar-refractivity contribution in [1.82, 2.24) is 5.43 Å². The molecule has 1 heterocycles. The lowest BCUT2D eigenvalue weighted by Gasteiger charge is -2.16. The van der Waals surface area contributed by atoms with Crippen molar-refractivity contribution in [2.75, 3.05) is 0 Å². The lowest BCUT2D eigenvalue weighted by atomic mass is 10.00. The van der Waals surface area contributed by atoms with E-state index in [-0.39, 0.29) is 6.04 Å². The number of thiophene rings is 1. The van der Waals surface area contributed by atoms with Crippen LogP contribution in [0.15, 0.2) is 30.3 Å². The minimum Gasteiger partial charge on any atom is -0.271 e. The highest BCUT2D eigenvalue weighted by Crippen LogP contribution is 2.37. The molecule has 1 aromatic carbocycles. The van der Waals surface area contributed by atoms with Crippen molar-refractivity contribution in [3.05, 3.63) is 55.7 Å². The predicted molar refractivity (Wildman–Crippen MR) is 79.3 cm³/mol. The van der Waals surface area contributed by atoms with Crippen LogP contribution in [0.5, 0.6) is 0 Å². The number of halogens is 2. The van der Waals surface area contributed by atoms with E-state index in [0.29, 0.717) is 8.67 Å². The molecule has 0 bridgehead atoms. The van der Waals surface area contributed by atoms with E-state index in [1.165, 1.54) is 16.9 Å². The maximum absolute atomic E-state index is 6.17. The molecular weight excluding hydrogens is 287 g/mol. The third-order valence-corrected chi connectivity index (χ3v) is 4.40. The normalized spacial score (nSPS) is 12.7. The van der Waals surface area contributed by atoms with Gasteiger partial charge in [0.15, 0.2) is 0 Å². The van der Waals surface area contributed by atoms with Crippen molar-refractivity contribution in [3.63, 3.8) is 0 Å². The quantitative estimate of drug-likeness (QED) is 0.657. The first-order valence-electron chi connectivity index (χ1n) is 5.65. The van der Waals surface area contributed by atoms with Crippen LogP contribution in [0.4, 0.5) is 0 Å². The van der Waals surface area contributed by atoms with Gasteiger partial charge in [-0.2, -0.15) is 0 Å². The average molecular weight is 301 g/mol. The second-order valence-corrected chi connectivity index (χ2v) is 6.26. The van der Waals surface area contributed by atoms with Crippen molar-refractivity contribution < 1.29 is 0 Å². The zero-order valence-electron chi connectivity index (χ0n) is 9.91. The van der Waals surface area contributed by atoms with Gasteiger partial charge in [-0.3, -0.25) is 5.84 Å². The summed E-state index contributed by atoms with van der Waals surface area (Å²) in [5.41, 5.74) is 6.08. The van der Waals surface area contributed by atoms with Gasteiger partial charge in [-0.15, -0.1) is 11.3 Å². The SMILES string of the molecule is CCc1ccc(C(NN)c2cc(Cl)sc2Cl)cc1. The first-order chi connectivity index (χ1) is 8.65. The summed E-state index contributed by atoms with van der Waals surface area (Å²) in [4.78, 5) is 0. The number of hydrogen-bond acceptors (Lipinski definition) is 3. The van der Waals surface area contributed by atoms with Gasteiger partial charge in [-0.25, -0.2) is 5.43 Å². The Morgan fingerprint density at radius 2 is 1.94 bits per heavy atom. The maximum Gasteiger partial charge on any atom is 0.0995 e. The van der Waals surface area contributed by atoms with Gasteiger partial charge >= 0.3 is 0 Å². The first kappa shape index (κ1) is 13.8. The molecule has 0 spiro atoms. The van der Waals surface area contributed by atoms with E-state index in [2.05, 4.69) is 36.6 Å². The molecule has 1 unspecified atom stereocenters. The fourth-order valence-corrected chi connectivity index (χ4v) is 3.39. The predicted octanol–water partition coefficient (Wildman–Crippen LogP) is 4.17. The van der Waals surface area contributed by atoms with E-state index in [4.69, 9.17) is 29.0 Å². The monoisotopic (exact) mass is 300 g/mol. The van der Waals surface area contributed by atoms with Crippen LogP contribution in [-0.2, 0) is 6.42 Å². The fraction of sp³-hybridized carbons (Fsp3) is 0.231. The van der Waals surface area contributed by atoms with Crippen LogP contribution in [0.2, 0.25) is 8.67 Å². The van der Waals surface area contributed by atoms with E-state index in [0.717, 1.165) is 17.5 Å². The Hall–Kier alpha value is -0.580. The van der Waals surface area contributed by atoms with Crippen LogP contribution in [-0.4, -0.2) is 0 Å². The highest BCUT2D eigenvalue weighted by atomic mass is 35.5. The maximum atomic E-state index is 6.17. The van der Waals surface area contributed by atoms with Gasteiger partial charge in [0, 0.05) is 5.56 Å². The Morgan fingerprint density at radius 1 is 1.28 bits per heavy atom. The first-order valence-corrected chi connectivity index (χ1v) is 7.22. The summed E-state index contributed by atoms with van der Waals surface area (Å²) in [7, 11) is 0. The Morgan fingerprint density at radius 3 is 2.39 bits per heavy atom. The summed E-state index contributed by atoms with van der Waals surface area (Å²) in [5.74, 6) is 5.64. The zero-order valence-corrected chi connectivity index (χ0v) is 12.2. The minimum absolute atomic E-state index is 0.132. The molecule has 0 aliphatic heterocycles. The Labute approximate surface area is 121 Å². The van der Waals surface area contributed by atoms with Gasteiger partial charge in [0.05, 0.1) is 14.7 Å². The summed E-state index contributed by atoms with van der Waals surface area (Å²) < 4.78 is 1.34. The molecule has 2 nitrogen and oxygen atoms in total. The van der Waals surface area contributed by atoms with Gasteiger partial charge in [-0.05, 0) is 23.6 Å². The third kappa shape index (κ3) is 2.87. The van der Waals surface area contributed by atoms with Crippen molar-refractivity contribution >= 4 is 34.5 Å². The molecule has 2 rings (SSSR count). The van der Waals surface area contributed by atoms with Crippen molar-refractivity contribution in [2.24, 2.45) is 5.84 Å². The number of rotatable bonds is 4. The Balaban J connectivity index is 2.35. The average Bonchev–Trinajstić information content (AvgIpc) is 2.70. The zero-order chi connectivity index (χ0) is 13.1. The molecule has 0 radical (unpaired) electrons. The summed E-state index contributed by atoms with van der Waals surface area (Å²) in [6.45, 7) is 2.13. The van der Waals surface area contributed by atoms with Crippen LogP contribution in [0.1, 0.15) is 29.7 Å². The molecule has 1 atom stereocenters. The molecule has 18 heavy (non-hydrogen) atoms. The van der Waals surface area contributed by atoms with Gasteiger partial charge in [0.25, 0.3) is 0 Å². The standard InChI is InChI=1S/C13H14Cl2N2S/c1-2-8-3-5-9(6-4-8)12(17-16)10-7-11(14)18-13(10)15/h3-7,12,17H,2,16H2,1H3. The van der Waals surface area contributed by atoms with Gasteiger partial charge < -0.3 is 0 Å². The van der Waals surface area contributed by atoms with E-state index < -0.39 is 0 Å². The van der Waals surface area contributed by atoms with Crippen LogP contribution >= 0.6 is 34.5 Å². The molecule has 3 N–H and O–H groups in total. The van der Waals surface area contributed by atoms with Gasteiger partial charge in [0.2, 0.25) is 0 Å². The molecule has 0 aliphatic carbocycles. The molecule has 0 aliphatic rings. The molecule has 5 heteroatoms. The van der Waals surface area contributed by atoms with Gasteiger partial charge in [0.1, 0.15) is 0 Å². The highest BCUT2D eigenvalue weighted by Gasteiger charge is 2.18. The summed E-state index contributed by atoms with van der Waals surface area (Å²) in [6, 6.07) is 10.0. The minimum atomic E-state index is -0.132. The summed E-state index contributed by atoms with van der Waals surface area (Å²) in [5, 5.41) is 0. The Kier molecular flexibility index (Phi) is 4.65. The van der Waals surface area contributed by atoms with E-state index >= 15 is 0 Å². The third-order valence-electron chi connectivity index (χ3n) is 2.88. The smallest absolute Gasteiger partial charge is 0.0995 e. The van der Waals surface area contributed by atoms with Crippen LogP contribution in [0.25, 0.3) is 0 Å². The van der Waals surface area contributed by atoms with Crippen molar-refractivity contribution in [1.29, 1.82) is 0 Å². The number of nitrogens with two attached hydrogens (primary N) is 1. The number of benzene rings is 1. The molecular formula is C13H14Cl2N2S. The molecule has 0 saturated heterocycles. The number of hydrogen-bond donors (Lipinski definition) is 2. The lowest BCUT2D eigenvalue weighted by molar-refractivity contribution is 0.639. The molecule has 1 aromatic heterocycles. The van der Waals surface area contributed by atoms with Crippen LogP contribution in [0.3, 0.4) is 0 Å². The molecule has 96 valence electrons. The lowest BCUT2D eigenvalue weighted by Crippen LogP contribution is -2.28. The highest BCUT2D eigenvalue weighted by molar-refractivity contribution is 7.20. The van der Waals surface area contributed by atoms with Crippen LogP contribution < -0.4 is 11.3 Å². The summed E-state index contributed by atoms with van der Waals surface area (Å²) in [6.07, 6.45) is 1.02. The second kappa shape index (κ2) is 6.04. The largest absolute Gasteiger partial charge is 0.271 e. The molecule has 0 amide bonds. The van der Waals surface area contributed by atoms with Gasteiger partial charge in [-0.1, -0.05) is 54.4 Å². The van der Waals surface area contributed by atoms with E-state index in [1.54, 1.807) is 0 Å². The van der Waals surface area contributed by atoms with E-state index in [1.807, 2.05) is 6.07 Å². The Bertz CT molecular complexity index is 522. The fourth-order valence-electron chi connectivity index (χ4n) is 1.86. The molecule has 0 fully saturated rings. The number of hydrazine groups is 1. The number of aryl methyl sites for hydroxylation is 1. The molecule has 2 aromatic rings.